The van der Waals surface area contributed by atoms with Crippen molar-refractivity contribution in [1.29, 1.82) is 0 Å². The first-order valence-electron chi connectivity index (χ1n) is 9.45. The van der Waals surface area contributed by atoms with E-state index in [9.17, 15) is 9.59 Å². The van der Waals surface area contributed by atoms with Crippen LogP contribution in [0.5, 0.6) is 0 Å². The summed E-state index contributed by atoms with van der Waals surface area (Å²) in [6.45, 7) is 1.77. The Morgan fingerprint density at radius 2 is 2.00 bits per heavy atom. The Labute approximate surface area is 149 Å². The fourth-order valence-corrected chi connectivity index (χ4v) is 3.94. The van der Waals surface area contributed by atoms with E-state index >= 15 is 0 Å². The van der Waals surface area contributed by atoms with Gasteiger partial charge in [-0.1, -0.05) is 19.3 Å². The molecule has 2 aliphatic rings. The molecule has 7 nitrogen and oxygen atoms in total. The van der Waals surface area contributed by atoms with Gasteiger partial charge >= 0.3 is 0 Å². The van der Waals surface area contributed by atoms with Crippen LogP contribution in [0.3, 0.4) is 0 Å². The van der Waals surface area contributed by atoms with Crippen LogP contribution in [0.1, 0.15) is 55.3 Å². The zero-order chi connectivity index (χ0) is 17.6. The molecular weight excluding hydrogens is 318 g/mol. The molecule has 1 aliphatic heterocycles. The number of likely N-dealkylation sites (tertiary alicyclic amines) is 1. The number of nitrogens with one attached hydrogen (secondary N) is 2. The molecule has 1 unspecified atom stereocenters. The molecule has 1 saturated heterocycles. The highest BCUT2D eigenvalue weighted by Crippen LogP contribution is 2.20. The average Bonchev–Trinajstić information content (AvgIpc) is 3.25. The second-order valence-electron chi connectivity index (χ2n) is 7.18. The Morgan fingerprint density at radius 3 is 2.76 bits per heavy atom. The van der Waals surface area contributed by atoms with Crippen molar-refractivity contribution in [2.45, 2.75) is 63.6 Å². The van der Waals surface area contributed by atoms with Crippen LogP contribution in [0.2, 0.25) is 0 Å². The van der Waals surface area contributed by atoms with E-state index in [1.54, 1.807) is 17.1 Å². The number of nitrogens with zero attached hydrogens (tertiary/aromatic N) is 3. The number of carbonyl (C=O) groups excluding carboxylic acids is 2. The molecule has 1 saturated carbocycles. The van der Waals surface area contributed by atoms with E-state index in [1.807, 2.05) is 11.9 Å². The fraction of sp³-hybridized carbons (Fsp3) is 0.722. The minimum atomic E-state index is -0.0248. The molecule has 2 fully saturated rings. The van der Waals surface area contributed by atoms with Crippen molar-refractivity contribution in [2.75, 3.05) is 20.1 Å². The summed E-state index contributed by atoms with van der Waals surface area (Å²) >= 11 is 0. The van der Waals surface area contributed by atoms with Crippen molar-refractivity contribution >= 4 is 11.8 Å². The monoisotopic (exact) mass is 347 g/mol. The molecule has 0 aromatic carbocycles. The predicted octanol–water partition coefficient (Wildman–Crippen LogP) is 1.16. The van der Waals surface area contributed by atoms with Gasteiger partial charge in [-0.2, -0.15) is 5.10 Å². The highest BCUT2D eigenvalue weighted by atomic mass is 16.2. The molecule has 1 aromatic heterocycles. The third-order valence-electron chi connectivity index (χ3n) is 5.23. The molecule has 25 heavy (non-hydrogen) atoms. The van der Waals surface area contributed by atoms with Gasteiger partial charge in [-0.05, 0) is 32.7 Å². The molecule has 2 heterocycles. The van der Waals surface area contributed by atoms with Crippen LogP contribution < -0.4 is 10.6 Å². The maximum Gasteiger partial charge on any atom is 0.257 e. The first-order chi connectivity index (χ1) is 12.2. The average molecular weight is 347 g/mol. The first kappa shape index (κ1) is 17.9. The maximum absolute atomic E-state index is 12.7. The van der Waals surface area contributed by atoms with Crippen LogP contribution in [-0.2, 0) is 11.3 Å². The number of aromatic nitrogens is 2. The maximum atomic E-state index is 12.7. The number of carbonyl (C=O) groups is 2. The first-order valence-corrected chi connectivity index (χ1v) is 9.45. The van der Waals surface area contributed by atoms with Gasteiger partial charge in [0.1, 0.15) is 6.54 Å². The fourth-order valence-electron chi connectivity index (χ4n) is 3.94. The lowest BCUT2D eigenvalue weighted by Gasteiger charge is -2.24. The molecule has 1 aliphatic carbocycles. The Bertz CT molecular complexity index is 594. The number of hydrogen-bond acceptors (Lipinski definition) is 4. The van der Waals surface area contributed by atoms with Crippen LogP contribution in [0.4, 0.5) is 0 Å². The molecule has 138 valence electrons. The lowest BCUT2D eigenvalue weighted by atomic mass is 9.95. The largest absolute Gasteiger partial charge is 0.352 e. The Morgan fingerprint density at radius 1 is 1.20 bits per heavy atom. The number of amides is 2. The molecule has 0 radical (unpaired) electrons. The molecule has 3 rings (SSSR count). The molecule has 0 spiro atoms. The van der Waals surface area contributed by atoms with Crippen LogP contribution in [-0.4, -0.2) is 58.7 Å². The molecule has 2 N–H and O–H groups in total. The summed E-state index contributed by atoms with van der Waals surface area (Å²) < 4.78 is 1.56. The lowest BCUT2D eigenvalue weighted by Crippen LogP contribution is -2.40. The quantitative estimate of drug-likeness (QED) is 0.809. The topological polar surface area (TPSA) is 79.3 Å². The second-order valence-corrected chi connectivity index (χ2v) is 7.18. The van der Waals surface area contributed by atoms with Crippen LogP contribution in [0.15, 0.2) is 12.4 Å². The van der Waals surface area contributed by atoms with E-state index in [0.29, 0.717) is 11.6 Å². The minimum Gasteiger partial charge on any atom is -0.352 e. The third kappa shape index (κ3) is 4.60. The van der Waals surface area contributed by atoms with E-state index in [1.165, 1.54) is 19.3 Å². The summed E-state index contributed by atoms with van der Waals surface area (Å²) in [6, 6.07) is 0.542. The normalized spacial score (nSPS) is 21.5. The number of likely N-dealkylation sites (N-methyl/N-ethyl adjacent to an activating group) is 1. The van der Waals surface area contributed by atoms with Gasteiger partial charge < -0.3 is 15.5 Å². The highest BCUT2D eigenvalue weighted by Gasteiger charge is 2.29. The summed E-state index contributed by atoms with van der Waals surface area (Å²) in [5, 5.41) is 10.4. The Balaban J connectivity index is 1.54. The molecular formula is C18H29N5O2. The standard InChI is InChI=1S/C18H29N5O2/c1-19-11-16-8-5-9-23(16)18(25)14-10-20-22(12-14)13-17(24)21-15-6-3-2-4-7-15/h10,12,15-16,19H,2-9,11,13H2,1H3,(H,21,24). The van der Waals surface area contributed by atoms with E-state index in [2.05, 4.69) is 15.7 Å². The number of hydrogen-bond donors (Lipinski definition) is 2. The van der Waals surface area contributed by atoms with E-state index in [4.69, 9.17) is 0 Å². The van der Waals surface area contributed by atoms with Gasteiger partial charge in [-0.15, -0.1) is 0 Å². The lowest BCUT2D eigenvalue weighted by molar-refractivity contribution is -0.122. The van der Waals surface area contributed by atoms with Crippen molar-refractivity contribution < 1.29 is 9.59 Å². The van der Waals surface area contributed by atoms with Crippen molar-refractivity contribution in [2.24, 2.45) is 0 Å². The van der Waals surface area contributed by atoms with Crippen LogP contribution >= 0.6 is 0 Å². The van der Waals surface area contributed by atoms with Gasteiger partial charge in [0.05, 0.1) is 11.8 Å². The van der Waals surface area contributed by atoms with Crippen LogP contribution in [0, 0.1) is 0 Å². The van der Waals surface area contributed by atoms with Gasteiger partial charge in [-0.3, -0.25) is 14.3 Å². The SMILES string of the molecule is CNCC1CCCN1C(=O)c1cnn(CC(=O)NC2CCCCC2)c1. The van der Waals surface area contributed by atoms with Crippen molar-refractivity contribution in [3.8, 4) is 0 Å². The minimum absolute atomic E-state index is 0.0108. The molecule has 1 atom stereocenters. The van der Waals surface area contributed by atoms with E-state index in [0.717, 1.165) is 38.8 Å². The smallest absolute Gasteiger partial charge is 0.257 e. The van der Waals surface area contributed by atoms with Gasteiger partial charge in [0.15, 0.2) is 0 Å². The molecule has 7 heteroatoms. The molecule has 1 aromatic rings. The van der Waals surface area contributed by atoms with Crippen molar-refractivity contribution in [3.05, 3.63) is 18.0 Å². The van der Waals surface area contributed by atoms with E-state index in [-0.39, 0.29) is 24.4 Å². The summed E-state index contributed by atoms with van der Waals surface area (Å²) in [4.78, 5) is 26.8. The van der Waals surface area contributed by atoms with Gasteiger partial charge in [0.25, 0.3) is 5.91 Å². The summed E-state index contributed by atoms with van der Waals surface area (Å²) in [6.07, 6.45) is 11.1. The zero-order valence-electron chi connectivity index (χ0n) is 15.0. The van der Waals surface area contributed by atoms with Crippen LogP contribution in [0.25, 0.3) is 0 Å². The van der Waals surface area contributed by atoms with Crippen molar-refractivity contribution in [3.63, 3.8) is 0 Å². The third-order valence-corrected chi connectivity index (χ3v) is 5.23. The van der Waals surface area contributed by atoms with Gasteiger partial charge in [0.2, 0.25) is 5.91 Å². The van der Waals surface area contributed by atoms with Gasteiger partial charge in [0, 0.05) is 31.4 Å². The Kier molecular flexibility index (Phi) is 6.07. The van der Waals surface area contributed by atoms with E-state index < -0.39 is 0 Å². The second kappa shape index (κ2) is 8.47. The zero-order valence-corrected chi connectivity index (χ0v) is 15.0. The highest BCUT2D eigenvalue weighted by molar-refractivity contribution is 5.94. The number of rotatable bonds is 6. The molecule has 2 amide bonds. The molecule has 0 bridgehead atoms. The predicted molar refractivity (Wildman–Crippen MR) is 95.2 cm³/mol. The van der Waals surface area contributed by atoms with Gasteiger partial charge in [-0.25, -0.2) is 0 Å². The Hall–Kier alpha value is -1.89. The van der Waals surface area contributed by atoms with Crippen molar-refractivity contribution in [1.82, 2.24) is 25.3 Å². The summed E-state index contributed by atoms with van der Waals surface area (Å²) in [5.74, 6) is -0.0140. The summed E-state index contributed by atoms with van der Waals surface area (Å²) in [7, 11) is 1.91. The summed E-state index contributed by atoms with van der Waals surface area (Å²) in [5.41, 5.74) is 0.563.